The number of carbonyl (C=O) groups excluding carboxylic acids is 1. The molecule has 0 aliphatic carbocycles. The highest BCUT2D eigenvalue weighted by Crippen LogP contribution is 2.39. The second-order valence-corrected chi connectivity index (χ2v) is 6.77. The van der Waals surface area contributed by atoms with Gasteiger partial charge in [0.2, 0.25) is 0 Å². The van der Waals surface area contributed by atoms with E-state index in [1.165, 1.54) is 12.1 Å². The third-order valence-corrected chi connectivity index (χ3v) is 5.13. The lowest BCUT2D eigenvalue weighted by molar-refractivity contribution is 0.180. The van der Waals surface area contributed by atoms with Gasteiger partial charge in [0.25, 0.3) is 0 Å². The zero-order valence-corrected chi connectivity index (χ0v) is 16.3. The van der Waals surface area contributed by atoms with Gasteiger partial charge in [-0.1, -0.05) is 0 Å². The van der Waals surface area contributed by atoms with E-state index >= 15 is 0 Å². The van der Waals surface area contributed by atoms with Gasteiger partial charge in [-0.25, -0.2) is 9.18 Å². The number of carbonyl (C=O) groups is 1. The number of methoxy groups -OCH3 is 2. The summed E-state index contributed by atoms with van der Waals surface area (Å²) in [6.07, 6.45) is 2.01. The van der Waals surface area contributed by atoms with E-state index in [1.54, 1.807) is 31.3 Å². The number of hydrogen-bond donors (Lipinski definition) is 1. The number of nitrogens with one attached hydrogen (secondary N) is 1. The van der Waals surface area contributed by atoms with Crippen molar-refractivity contribution in [2.45, 2.75) is 12.6 Å². The molecule has 0 spiro atoms. The summed E-state index contributed by atoms with van der Waals surface area (Å²) in [5.41, 5.74) is 2.40. The molecule has 2 aromatic carbocycles. The molecule has 0 fully saturated rings. The molecule has 2 amide bonds. The molecule has 4 rings (SSSR count). The van der Waals surface area contributed by atoms with Crippen LogP contribution in [-0.4, -0.2) is 36.3 Å². The summed E-state index contributed by atoms with van der Waals surface area (Å²) in [6.45, 7) is 1.21. The van der Waals surface area contributed by atoms with Gasteiger partial charge in [0, 0.05) is 42.3 Å². The van der Waals surface area contributed by atoms with E-state index in [9.17, 15) is 9.18 Å². The van der Waals surface area contributed by atoms with Crippen molar-refractivity contribution >= 4 is 11.7 Å². The smallest absolute Gasteiger partial charge is 0.322 e. The molecule has 7 heteroatoms. The summed E-state index contributed by atoms with van der Waals surface area (Å²) in [7, 11) is 3.20. The van der Waals surface area contributed by atoms with Gasteiger partial charge >= 0.3 is 6.03 Å². The van der Waals surface area contributed by atoms with Crippen LogP contribution in [0.15, 0.2) is 60.8 Å². The summed E-state index contributed by atoms with van der Waals surface area (Å²) >= 11 is 0. The molecular weight excluding hydrogens is 373 g/mol. The van der Waals surface area contributed by atoms with E-state index in [-0.39, 0.29) is 17.9 Å². The molecule has 1 aliphatic rings. The number of nitrogens with zero attached hydrogens (tertiary/aromatic N) is 2. The predicted octanol–water partition coefficient (Wildman–Crippen LogP) is 4.28. The molecule has 1 aromatic heterocycles. The van der Waals surface area contributed by atoms with E-state index in [2.05, 4.69) is 9.88 Å². The Kier molecular flexibility index (Phi) is 5.12. The Labute approximate surface area is 168 Å². The molecule has 150 valence electrons. The van der Waals surface area contributed by atoms with Crippen LogP contribution in [-0.2, 0) is 6.54 Å². The minimum absolute atomic E-state index is 0.257. The van der Waals surface area contributed by atoms with Crippen molar-refractivity contribution < 1.29 is 18.7 Å². The Morgan fingerprint density at radius 1 is 1.07 bits per heavy atom. The number of aromatic nitrogens is 1. The number of urea groups is 1. The first kappa shape index (κ1) is 18.9. The first-order valence-corrected chi connectivity index (χ1v) is 9.31. The molecule has 0 bridgehead atoms. The van der Waals surface area contributed by atoms with Gasteiger partial charge in [-0.05, 0) is 48.5 Å². The minimum atomic E-state index is -0.348. The summed E-state index contributed by atoms with van der Waals surface area (Å²) < 4.78 is 26.2. The molecule has 1 atom stereocenters. The van der Waals surface area contributed by atoms with Gasteiger partial charge in [-0.3, -0.25) is 0 Å². The molecule has 0 saturated heterocycles. The van der Waals surface area contributed by atoms with Crippen molar-refractivity contribution in [1.82, 2.24) is 9.47 Å². The zero-order chi connectivity index (χ0) is 20.4. The minimum Gasteiger partial charge on any atom is -0.497 e. The van der Waals surface area contributed by atoms with Crippen LogP contribution >= 0.6 is 0 Å². The fraction of sp³-hybridized carbons (Fsp3) is 0.227. The molecule has 2 heterocycles. The van der Waals surface area contributed by atoms with Gasteiger partial charge in [0.05, 0.1) is 14.2 Å². The Hall–Kier alpha value is -3.48. The first-order valence-electron chi connectivity index (χ1n) is 9.31. The summed E-state index contributed by atoms with van der Waals surface area (Å²) in [6, 6.07) is 14.7. The maximum Gasteiger partial charge on any atom is 0.322 e. The number of anilines is 1. The van der Waals surface area contributed by atoms with Gasteiger partial charge in [-0.2, -0.15) is 0 Å². The molecule has 3 aromatic rings. The number of rotatable bonds is 4. The lowest BCUT2D eigenvalue weighted by Crippen LogP contribution is -2.44. The van der Waals surface area contributed by atoms with Crippen LogP contribution in [0.25, 0.3) is 0 Å². The monoisotopic (exact) mass is 395 g/mol. The number of fused-ring (bicyclic) bond motifs is 1. The predicted molar refractivity (Wildman–Crippen MR) is 108 cm³/mol. The van der Waals surface area contributed by atoms with E-state index in [0.717, 1.165) is 11.3 Å². The van der Waals surface area contributed by atoms with Crippen molar-refractivity contribution in [2.75, 3.05) is 26.1 Å². The number of amides is 2. The fourth-order valence-electron chi connectivity index (χ4n) is 3.70. The number of ether oxygens (including phenoxy) is 2. The first-order chi connectivity index (χ1) is 14.1. The van der Waals surface area contributed by atoms with Crippen LogP contribution in [0.3, 0.4) is 0 Å². The van der Waals surface area contributed by atoms with Crippen LogP contribution in [0, 0.1) is 5.82 Å². The summed E-state index contributed by atoms with van der Waals surface area (Å²) in [5.74, 6) is 0.974. The van der Waals surface area contributed by atoms with Crippen molar-refractivity contribution in [3.63, 3.8) is 0 Å². The number of halogens is 1. The molecule has 0 saturated carbocycles. The lowest BCUT2D eigenvalue weighted by atomic mass is 9.99. The van der Waals surface area contributed by atoms with Gasteiger partial charge in [0.1, 0.15) is 23.4 Å². The highest BCUT2D eigenvalue weighted by atomic mass is 19.1. The van der Waals surface area contributed by atoms with Crippen LogP contribution < -0.4 is 14.8 Å². The molecule has 1 unspecified atom stereocenters. The second-order valence-electron chi connectivity index (χ2n) is 6.77. The Bertz CT molecular complexity index is 1020. The van der Waals surface area contributed by atoms with E-state index in [1.807, 2.05) is 36.5 Å². The van der Waals surface area contributed by atoms with Crippen LogP contribution in [0.1, 0.15) is 17.3 Å². The maximum absolute atomic E-state index is 13.2. The number of benzene rings is 2. The summed E-state index contributed by atoms with van der Waals surface area (Å²) in [5, 5.41) is 2.87. The molecule has 1 aliphatic heterocycles. The summed E-state index contributed by atoms with van der Waals surface area (Å²) in [4.78, 5) is 14.9. The fourth-order valence-corrected chi connectivity index (χ4v) is 3.70. The van der Waals surface area contributed by atoms with Gasteiger partial charge in [-0.15, -0.1) is 0 Å². The number of hydrogen-bond acceptors (Lipinski definition) is 3. The Morgan fingerprint density at radius 3 is 2.59 bits per heavy atom. The van der Waals surface area contributed by atoms with Crippen LogP contribution in [0.2, 0.25) is 0 Å². The van der Waals surface area contributed by atoms with Crippen LogP contribution in [0.5, 0.6) is 11.5 Å². The average Bonchev–Trinajstić information content (AvgIpc) is 3.23. The molecule has 6 nitrogen and oxygen atoms in total. The largest absolute Gasteiger partial charge is 0.497 e. The van der Waals surface area contributed by atoms with E-state index < -0.39 is 0 Å². The van der Waals surface area contributed by atoms with Crippen LogP contribution in [0.4, 0.5) is 14.9 Å². The Morgan fingerprint density at radius 2 is 1.86 bits per heavy atom. The molecule has 1 N–H and O–H groups in total. The SMILES string of the molecule is COc1ccc(C2c3cccn3CCN2C(=O)Nc2ccc(F)cc2)c(OC)c1. The Balaban J connectivity index is 1.71. The third-order valence-electron chi connectivity index (χ3n) is 5.13. The third kappa shape index (κ3) is 3.63. The molecule has 0 radical (unpaired) electrons. The van der Waals surface area contributed by atoms with Crippen molar-refractivity contribution in [3.8, 4) is 11.5 Å². The lowest BCUT2D eigenvalue weighted by Gasteiger charge is -2.37. The van der Waals surface area contributed by atoms with Crippen molar-refractivity contribution in [1.29, 1.82) is 0 Å². The molecule has 29 heavy (non-hydrogen) atoms. The average molecular weight is 395 g/mol. The standard InChI is InChI=1S/C22H22FN3O3/c1-28-17-9-10-18(20(14-17)29-2)21-19-4-3-11-25(19)12-13-26(21)22(27)24-16-7-5-15(23)6-8-16/h3-11,14,21H,12-13H2,1-2H3,(H,24,27). The second kappa shape index (κ2) is 7.87. The van der Waals surface area contributed by atoms with E-state index in [4.69, 9.17) is 9.47 Å². The van der Waals surface area contributed by atoms with E-state index in [0.29, 0.717) is 30.3 Å². The topological polar surface area (TPSA) is 55.7 Å². The van der Waals surface area contributed by atoms with Crippen molar-refractivity contribution in [2.24, 2.45) is 0 Å². The molecular formula is C22H22FN3O3. The maximum atomic E-state index is 13.2. The zero-order valence-electron chi connectivity index (χ0n) is 16.3. The highest BCUT2D eigenvalue weighted by Gasteiger charge is 2.34. The highest BCUT2D eigenvalue weighted by molar-refractivity contribution is 5.90. The quantitative estimate of drug-likeness (QED) is 0.717. The normalized spacial score (nSPS) is 15.6. The van der Waals surface area contributed by atoms with Gasteiger partial charge < -0.3 is 24.3 Å². The van der Waals surface area contributed by atoms with Crippen molar-refractivity contribution in [3.05, 3.63) is 77.9 Å². The van der Waals surface area contributed by atoms with Gasteiger partial charge in [0.15, 0.2) is 0 Å².